The van der Waals surface area contributed by atoms with Crippen LogP contribution in [0.3, 0.4) is 0 Å². The molecule has 2 aromatic rings. The first kappa shape index (κ1) is 17.3. The highest BCUT2D eigenvalue weighted by Crippen LogP contribution is 2.61. The summed E-state index contributed by atoms with van der Waals surface area (Å²) in [6, 6.07) is 13.9. The lowest BCUT2D eigenvalue weighted by Crippen LogP contribution is -2.06. The van der Waals surface area contributed by atoms with Gasteiger partial charge in [-0.25, -0.2) is 4.98 Å². The van der Waals surface area contributed by atoms with Gasteiger partial charge in [-0.05, 0) is 47.6 Å². The molecule has 1 aromatic heterocycles. The first-order chi connectivity index (χ1) is 12.0. The van der Waals surface area contributed by atoms with Crippen molar-refractivity contribution in [1.29, 1.82) is 0 Å². The van der Waals surface area contributed by atoms with Crippen molar-refractivity contribution in [1.82, 2.24) is 4.98 Å². The Morgan fingerprint density at radius 2 is 2.08 bits per heavy atom. The van der Waals surface area contributed by atoms with Crippen LogP contribution in [0.2, 0.25) is 0 Å². The summed E-state index contributed by atoms with van der Waals surface area (Å²) in [5.41, 5.74) is 2.09. The van der Waals surface area contributed by atoms with Crippen molar-refractivity contribution in [2.45, 2.75) is 32.1 Å². The summed E-state index contributed by atoms with van der Waals surface area (Å²) in [6.45, 7) is 2.61. The van der Waals surface area contributed by atoms with Crippen LogP contribution in [0.1, 0.15) is 36.9 Å². The molecular weight excluding hydrogens is 316 g/mol. The van der Waals surface area contributed by atoms with Crippen molar-refractivity contribution in [3.63, 3.8) is 0 Å². The Kier molecular flexibility index (Phi) is 4.93. The normalized spacial score (nSPS) is 21.6. The van der Waals surface area contributed by atoms with Gasteiger partial charge in [-0.2, -0.15) is 0 Å². The smallest absolute Gasteiger partial charge is 0.303 e. The molecule has 132 valence electrons. The van der Waals surface area contributed by atoms with Crippen LogP contribution in [0.5, 0.6) is 5.75 Å². The van der Waals surface area contributed by atoms with Crippen molar-refractivity contribution >= 4 is 11.8 Å². The second kappa shape index (κ2) is 7.13. The molecule has 2 unspecified atom stereocenters. The van der Waals surface area contributed by atoms with Gasteiger partial charge in [-0.1, -0.05) is 25.1 Å². The second-order valence-electron chi connectivity index (χ2n) is 6.91. The summed E-state index contributed by atoms with van der Waals surface area (Å²) in [4.78, 5) is 15.4. The molecule has 1 saturated carbocycles. The average Bonchev–Trinajstić information content (AvgIpc) is 3.25. The zero-order chi connectivity index (χ0) is 17.9. The van der Waals surface area contributed by atoms with Gasteiger partial charge in [0, 0.05) is 19.2 Å². The topological polar surface area (TPSA) is 71.5 Å². The highest BCUT2D eigenvalue weighted by Gasteiger charge is 2.51. The summed E-state index contributed by atoms with van der Waals surface area (Å²) < 4.78 is 5.80. The molecule has 1 aromatic carbocycles. The zero-order valence-corrected chi connectivity index (χ0v) is 14.7. The third kappa shape index (κ3) is 4.29. The maximum Gasteiger partial charge on any atom is 0.303 e. The van der Waals surface area contributed by atoms with Gasteiger partial charge >= 0.3 is 5.97 Å². The van der Waals surface area contributed by atoms with Crippen molar-refractivity contribution in [2.75, 3.05) is 19.0 Å². The van der Waals surface area contributed by atoms with E-state index in [1.165, 1.54) is 5.56 Å². The Labute approximate surface area is 148 Å². The molecule has 1 aliphatic rings. The van der Waals surface area contributed by atoms with Gasteiger partial charge in [0.15, 0.2) is 0 Å². The standard InChI is InChI=1S/C20H24N2O3/c1-20(13-19(23)24)12-17(20)14-6-8-16(9-7-14)25-11-10-15-4-3-5-18(21-2)22-15/h3-9,17H,10-13H2,1-2H3,(H,21,22)(H,23,24). The highest BCUT2D eigenvalue weighted by atomic mass is 16.5. The van der Waals surface area contributed by atoms with Crippen LogP contribution < -0.4 is 10.1 Å². The predicted octanol–water partition coefficient (Wildman–Crippen LogP) is 3.71. The van der Waals surface area contributed by atoms with E-state index in [0.29, 0.717) is 12.5 Å². The van der Waals surface area contributed by atoms with E-state index < -0.39 is 5.97 Å². The van der Waals surface area contributed by atoms with E-state index in [1.54, 1.807) is 0 Å². The molecule has 0 aliphatic heterocycles. The molecule has 2 N–H and O–H groups in total. The number of carboxylic acids is 1. The van der Waals surface area contributed by atoms with Crippen molar-refractivity contribution in [2.24, 2.45) is 5.41 Å². The Hall–Kier alpha value is -2.56. The Balaban J connectivity index is 1.51. The van der Waals surface area contributed by atoms with E-state index in [4.69, 9.17) is 9.84 Å². The fourth-order valence-electron chi connectivity index (χ4n) is 3.30. The molecule has 0 spiro atoms. The monoisotopic (exact) mass is 340 g/mol. The van der Waals surface area contributed by atoms with Crippen LogP contribution in [0, 0.1) is 5.41 Å². The average molecular weight is 340 g/mol. The highest BCUT2D eigenvalue weighted by molar-refractivity contribution is 5.68. The van der Waals surface area contributed by atoms with Crippen molar-refractivity contribution < 1.29 is 14.6 Å². The number of nitrogens with zero attached hydrogens (tertiary/aromatic N) is 1. The van der Waals surface area contributed by atoms with E-state index >= 15 is 0 Å². The second-order valence-corrected chi connectivity index (χ2v) is 6.91. The van der Waals surface area contributed by atoms with E-state index in [0.717, 1.165) is 30.1 Å². The molecular formula is C20H24N2O3. The molecule has 1 fully saturated rings. The van der Waals surface area contributed by atoms with E-state index in [-0.39, 0.29) is 11.8 Å². The largest absolute Gasteiger partial charge is 0.493 e. The van der Waals surface area contributed by atoms with Crippen molar-refractivity contribution in [3.05, 3.63) is 53.7 Å². The number of hydrogen-bond acceptors (Lipinski definition) is 4. The lowest BCUT2D eigenvalue weighted by molar-refractivity contribution is -0.138. The molecule has 0 bridgehead atoms. The molecule has 5 nitrogen and oxygen atoms in total. The Bertz CT molecular complexity index is 745. The number of ether oxygens (including phenoxy) is 1. The van der Waals surface area contributed by atoms with Gasteiger partial charge in [0.25, 0.3) is 0 Å². The number of pyridine rings is 1. The summed E-state index contributed by atoms with van der Waals surface area (Å²) in [5.74, 6) is 1.30. The zero-order valence-electron chi connectivity index (χ0n) is 14.7. The van der Waals surface area contributed by atoms with Crippen LogP contribution in [0.25, 0.3) is 0 Å². The molecule has 2 atom stereocenters. The van der Waals surface area contributed by atoms with Gasteiger partial charge in [0.05, 0.1) is 13.0 Å². The summed E-state index contributed by atoms with van der Waals surface area (Å²) in [5, 5.41) is 12.0. The minimum absolute atomic E-state index is 0.0990. The summed E-state index contributed by atoms with van der Waals surface area (Å²) in [7, 11) is 1.85. The molecule has 25 heavy (non-hydrogen) atoms. The van der Waals surface area contributed by atoms with Crippen LogP contribution in [0.15, 0.2) is 42.5 Å². The lowest BCUT2D eigenvalue weighted by Gasteiger charge is -2.10. The molecule has 0 saturated heterocycles. The van der Waals surface area contributed by atoms with Gasteiger partial charge in [0.1, 0.15) is 11.6 Å². The number of carbonyl (C=O) groups is 1. The maximum atomic E-state index is 10.9. The summed E-state index contributed by atoms with van der Waals surface area (Å²) >= 11 is 0. The molecule has 1 heterocycles. The van der Waals surface area contributed by atoms with Gasteiger partial charge in [-0.3, -0.25) is 4.79 Å². The molecule has 5 heteroatoms. The first-order valence-electron chi connectivity index (χ1n) is 8.58. The van der Waals surface area contributed by atoms with Crippen LogP contribution >= 0.6 is 0 Å². The minimum Gasteiger partial charge on any atom is -0.493 e. The SMILES string of the molecule is CNc1cccc(CCOc2ccc(C3CC3(C)CC(=O)O)cc2)n1. The quantitative estimate of drug-likeness (QED) is 0.766. The minimum atomic E-state index is -0.721. The number of benzene rings is 1. The number of aromatic nitrogens is 1. The number of hydrogen-bond donors (Lipinski definition) is 2. The van der Waals surface area contributed by atoms with E-state index in [1.807, 2.05) is 56.4 Å². The van der Waals surface area contributed by atoms with Crippen LogP contribution in [-0.2, 0) is 11.2 Å². The van der Waals surface area contributed by atoms with Crippen molar-refractivity contribution in [3.8, 4) is 5.75 Å². The lowest BCUT2D eigenvalue weighted by atomic mass is 9.98. The van der Waals surface area contributed by atoms with E-state index in [2.05, 4.69) is 10.3 Å². The van der Waals surface area contributed by atoms with Gasteiger partial charge in [0.2, 0.25) is 0 Å². The first-order valence-corrected chi connectivity index (χ1v) is 8.58. The molecule has 1 aliphatic carbocycles. The Morgan fingerprint density at radius 1 is 1.32 bits per heavy atom. The fraction of sp³-hybridized carbons (Fsp3) is 0.400. The third-order valence-corrected chi connectivity index (χ3v) is 4.88. The van der Waals surface area contributed by atoms with Gasteiger partial charge in [-0.15, -0.1) is 0 Å². The molecule has 0 amide bonds. The number of rotatable bonds is 8. The van der Waals surface area contributed by atoms with Crippen LogP contribution in [0.4, 0.5) is 5.82 Å². The number of carboxylic acid groups (broad SMARTS) is 1. The third-order valence-electron chi connectivity index (χ3n) is 4.88. The maximum absolute atomic E-state index is 10.9. The van der Waals surface area contributed by atoms with Crippen LogP contribution in [-0.4, -0.2) is 29.7 Å². The fourth-order valence-corrected chi connectivity index (χ4v) is 3.30. The molecule has 3 rings (SSSR count). The Morgan fingerprint density at radius 3 is 2.76 bits per heavy atom. The van der Waals surface area contributed by atoms with E-state index in [9.17, 15) is 4.79 Å². The number of anilines is 1. The summed E-state index contributed by atoms with van der Waals surface area (Å²) in [6.07, 6.45) is 1.91. The van der Waals surface area contributed by atoms with Gasteiger partial charge < -0.3 is 15.2 Å². The number of aliphatic carboxylic acids is 1. The predicted molar refractivity (Wildman–Crippen MR) is 97.1 cm³/mol. The number of nitrogens with one attached hydrogen (secondary N) is 1. The molecule has 0 radical (unpaired) electrons.